The van der Waals surface area contributed by atoms with E-state index in [1.54, 1.807) is 11.1 Å². The van der Waals surface area contributed by atoms with Gasteiger partial charge in [0.2, 0.25) is 11.9 Å². The maximum Gasteiger partial charge on any atom is 0.232 e. The second-order valence-electron chi connectivity index (χ2n) is 7.11. The van der Waals surface area contributed by atoms with Crippen LogP contribution in [0.1, 0.15) is 31.0 Å². The van der Waals surface area contributed by atoms with Crippen LogP contribution in [0.15, 0.2) is 24.4 Å². The highest BCUT2D eigenvalue weighted by atomic mass is 19.2. The monoisotopic (exact) mass is 376 g/mol. The van der Waals surface area contributed by atoms with Crippen molar-refractivity contribution in [3.8, 4) is 11.3 Å². The lowest BCUT2D eigenvalue weighted by Crippen LogP contribution is -2.39. The van der Waals surface area contributed by atoms with Gasteiger partial charge in [0.15, 0.2) is 11.6 Å². The van der Waals surface area contributed by atoms with Crippen LogP contribution in [0.4, 0.5) is 8.78 Å². The predicted octanol–water partition coefficient (Wildman–Crippen LogP) is 2.73. The van der Waals surface area contributed by atoms with Crippen LogP contribution >= 0.6 is 0 Å². The zero-order valence-electron chi connectivity index (χ0n) is 14.4. The van der Waals surface area contributed by atoms with Gasteiger partial charge in [-0.3, -0.25) is 14.9 Å². The van der Waals surface area contributed by atoms with Gasteiger partial charge in [0.1, 0.15) is 11.7 Å². The minimum atomic E-state index is -0.913. The fourth-order valence-electron chi connectivity index (χ4n) is 3.64. The van der Waals surface area contributed by atoms with E-state index in [4.69, 9.17) is 0 Å². The summed E-state index contributed by atoms with van der Waals surface area (Å²) in [6.45, 7) is 1.07. The topological polar surface area (TPSA) is 92.1 Å². The van der Waals surface area contributed by atoms with Crippen LogP contribution in [-0.4, -0.2) is 44.8 Å². The number of likely N-dealkylation sites (tertiary alicyclic amines) is 1. The Morgan fingerprint density at radius 2 is 2.00 bits per heavy atom. The van der Waals surface area contributed by atoms with E-state index in [2.05, 4.69) is 9.97 Å². The number of nitrogens with one attached hydrogen (secondary N) is 1. The number of nitrogens with zero attached hydrogens (tertiary/aromatic N) is 3. The van der Waals surface area contributed by atoms with E-state index >= 15 is 0 Å². The maximum absolute atomic E-state index is 13.4. The molecule has 1 aromatic carbocycles. The molecule has 0 bridgehead atoms. The lowest BCUT2D eigenvalue weighted by Gasteiger charge is -2.31. The number of imidazole rings is 1. The summed E-state index contributed by atoms with van der Waals surface area (Å²) in [6, 6.07) is 2.96. The van der Waals surface area contributed by atoms with Crippen molar-refractivity contribution in [3.05, 3.63) is 52.0 Å². The van der Waals surface area contributed by atoms with Gasteiger partial charge >= 0.3 is 0 Å². The molecule has 1 saturated carbocycles. The highest BCUT2D eigenvalue weighted by molar-refractivity contribution is 5.82. The average molecular weight is 376 g/mol. The lowest BCUT2D eigenvalue weighted by molar-refractivity contribution is -0.497. The Hall–Kier alpha value is -2.84. The summed E-state index contributed by atoms with van der Waals surface area (Å²) in [5.74, 6) is -1.54. The third-order valence-electron chi connectivity index (χ3n) is 5.36. The van der Waals surface area contributed by atoms with E-state index in [1.807, 2.05) is 0 Å². The quantitative estimate of drug-likeness (QED) is 0.656. The fourth-order valence-corrected chi connectivity index (χ4v) is 3.64. The second-order valence-corrected chi connectivity index (χ2v) is 7.11. The van der Waals surface area contributed by atoms with Crippen molar-refractivity contribution >= 4 is 5.91 Å². The zero-order chi connectivity index (χ0) is 19.1. The van der Waals surface area contributed by atoms with Gasteiger partial charge in [0.25, 0.3) is 0 Å². The molecule has 1 amide bonds. The van der Waals surface area contributed by atoms with Crippen molar-refractivity contribution in [1.29, 1.82) is 0 Å². The Morgan fingerprint density at radius 1 is 1.26 bits per heavy atom. The molecule has 4 rings (SSSR count). The molecule has 1 aliphatic carbocycles. The molecule has 0 spiro atoms. The Balaban J connectivity index is 1.38. The molecule has 0 radical (unpaired) electrons. The summed E-state index contributed by atoms with van der Waals surface area (Å²) in [4.78, 5) is 31.9. The number of hydrogen-bond acceptors (Lipinski definition) is 4. The van der Waals surface area contributed by atoms with Crippen LogP contribution in [0.2, 0.25) is 0 Å². The summed E-state index contributed by atoms with van der Waals surface area (Å²) in [6.07, 6.45) is 3.32. The number of carbonyl (C=O) groups is 1. The smallest absolute Gasteiger partial charge is 0.232 e. The van der Waals surface area contributed by atoms with E-state index in [1.165, 1.54) is 6.07 Å². The fraction of sp³-hybridized carbons (Fsp3) is 0.444. The number of hydrogen-bond donors (Lipinski definition) is 1. The van der Waals surface area contributed by atoms with Crippen LogP contribution in [0.5, 0.6) is 0 Å². The number of aromatic amines is 1. The number of amides is 1. The molecule has 7 nitrogen and oxygen atoms in total. The molecular weight excluding hydrogens is 358 g/mol. The van der Waals surface area contributed by atoms with Crippen molar-refractivity contribution in [2.24, 2.45) is 5.92 Å². The van der Waals surface area contributed by atoms with Gasteiger partial charge in [0, 0.05) is 35.9 Å². The zero-order valence-corrected chi connectivity index (χ0v) is 14.4. The van der Waals surface area contributed by atoms with Crippen LogP contribution in [0.25, 0.3) is 11.3 Å². The Labute approximate surface area is 153 Å². The van der Waals surface area contributed by atoms with Gasteiger partial charge in [-0.1, -0.05) is 0 Å². The van der Waals surface area contributed by atoms with E-state index in [-0.39, 0.29) is 16.7 Å². The van der Waals surface area contributed by atoms with Gasteiger partial charge in [-0.25, -0.2) is 13.8 Å². The largest absolute Gasteiger partial charge is 0.342 e. The summed E-state index contributed by atoms with van der Waals surface area (Å²) in [5, 5.41) is 10.7. The molecule has 2 aromatic rings. The third-order valence-corrected chi connectivity index (χ3v) is 5.36. The first-order valence-corrected chi connectivity index (χ1v) is 8.86. The van der Waals surface area contributed by atoms with E-state index in [0.717, 1.165) is 18.0 Å². The van der Waals surface area contributed by atoms with Crippen molar-refractivity contribution in [1.82, 2.24) is 14.9 Å². The van der Waals surface area contributed by atoms with Gasteiger partial charge in [0.05, 0.1) is 11.9 Å². The molecule has 2 aliphatic rings. The van der Waals surface area contributed by atoms with Crippen LogP contribution in [0, 0.1) is 27.7 Å². The number of aromatic nitrogens is 2. The van der Waals surface area contributed by atoms with Gasteiger partial charge in [-0.2, -0.15) is 0 Å². The molecule has 1 N–H and O–H groups in total. The number of carbonyl (C=O) groups excluding carboxylic acids is 1. The molecule has 2 fully saturated rings. The van der Waals surface area contributed by atoms with Crippen LogP contribution < -0.4 is 0 Å². The first kappa shape index (κ1) is 17.6. The first-order valence-electron chi connectivity index (χ1n) is 8.86. The van der Waals surface area contributed by atoms with Gasteiger partial charge in [-0.05, 0) is 31.0 Å². The summed E-state index contributed by atoms with van der Waals surface area (Å²) >= 11 is 0. The molecular formula is C18H18F2N4O3. The van der Waals surface area contributed by atoms with Crippen molar-refractivity contribution in [2.45, 2.75) is 31.2 Å². The van der Waals surface area contributed by atoms with E-state index in [0.29, 0.717) is 43.6 Å². The summed E-state index contributed by atoms with van der Waals surface area (Å²) in [5.41, 5.74) is 1.12. The summed E-state index contributed by atoms with van der Waals surface area (Å²) < 4.78 is 26.5. The third kappa shape index (κ3) is 3.41. The Morgan fingerprint density at radius 3 is 2.63 bits per heavy atom. The molecule has 1 saturated heterocycles. The molecule has 9 heteroatoms. The number of H-pyrrole nitrogens is 1. The molecule has 1 aliphatic heterocycles. The molecule has 2 atom stereocenters. The summed E-state index contributed by atoms with van der Waals surface area (Å²) in [7, 11) is 0. The molecule has 142 valence electrons. The maximum atomic E-state index is 13.4. The Kier molecular flexibility index (Phi) is 4.37. The number of benzene rings is 1. The van der Waals surface area contributed by atoms with Crippen LogP contribution in [0.3, 0.4) is 0 Å². The Bertz CT molecular complexity index is 892. The average Bonchev–Trinajstić information content (AvgIpc) is 3.33. The minimum absolute atomic E-state index is 0.124. The van der Waals surface area contributed by atoms with E-state index in [9.17, 15) is 23.7 Å². The van der Waals surface area contributed by atoms with Crippen LogP contribution in [-0.2, 0) is 4.79 Å². The number of rotatable bonds is 4. The van der Waals surface area contributed by atoms with Gasteiger partial charge < -0.3 is 9.88 Å². The van der Waals surface area contributed by atoms with Crippen molar-refractivity contribution in [2.75, 3.05) is 13.1 Å². The first-order chi connectivity index (χ1) is 12.9. The molecule has 2 heterocycles. The minimum Gasteiger partial charge on any atom is -0.342 e. The van der Waals surface area contributed by atoms with Gasteiger partial charge in [-0.15, -0.1) is 0 Å². The number of nitro groups is 1. The predicted molar refractivity (Wildman–Crippen MR) is 91.4 cm³/mol. The highest BCUT2D eigenvalue weighted by Gasteiger charge is 2.54. The van der Waals surface area contributed by atoms with Crippen molar-refractivity contribution < 1.29 is 18.5 Å². The normalized spacial score (nSPS) is 22.7. The lowest BCUT2D eigenvalue weighted by atomic mass is 9.96. The number of halogens is 2. The molecule has 0 unspecified atom stereocenters. The standard InChI is InChI=1S/C18H18F2N4O3/c19-13-2-1-11(7-14(13)20)15-9-21-17(22-15)10-3-5-23(6-4-10)18(25)12-8-16(12)24(26)27/h1-2,7,9-10,12,16H,3-6,8H2,(H,21,22)/t12-,16+/m1/s1. The number of piperidine rings is 1. The molecule has 27 heavy (non-hydrogen) atoms. The second kappa shape index (κ2) is 6.71. The SMILES string of the molecule is O=C([C@@H]1C[C@@H]1[N+](=O)[O-])N1CCC(c2ncc(-c3ccc(F)c(F)c3)[nH]2)CC1. The van der Waals surface area contributed by atoms with Crippen molar-refractivity contribution in [3.63, 3.8) is 0 Å². The highest BCUT2D eigenvalue weighted by Crippen LogP contribution is 2.36. The van der Waals surface area contributed by atoms with E-state index < -0.39 is 23.6 Å². The molecule has 1 aromatic heterocycles.